The lowest BCUT2D eigenvalue weighted by Gasteiger charge is -2.41. The molecule has 0 radical (unpaired) electrons. The van der Waals surface area contributed by atoms with Crippen LogP contribution in [0.3, 0.4) is 0 Å². The number of rotatable bonds is 4. The van der Waals surface area contributed by atoms with Crippen molar-refractivity contribution in [1.29, 1.82) is 5.26 Å². The molecule has 0 aromatic heterocycles. The Morgan fingerprint density at radius 3 is 2.64 bits per heavy atom. The molecule has 1 N–H and O–H groups in total. The maximum Gasteiger partial charge on any atom is 0.243 e. The molecular formula is C19H27N3O3. The third kappa shape index (κ3) is 3.15. The predicted molar refractivity (Wildman–Crippen MR) is 90.2 cm³/mol. The molecule has 2 aliphatic heterocycles. The Morgan fingerprint density at radius 2 is 1.96 bits per heavy atom. The lowest BCUT2D eigenvalue weighted by atomic mass is 9.79. The number of hydrogen-bond donors (Lipinski definition) is 1. The van der Waals surface area contributed by atoms with Crippen molar-refractivity contribution in [2.75, 3.05) is 26.2 Å². The quantitative estimate of drug-likeness (QED) is 0.836. The largest absolute Gasteiger partial charge is 0.376 e. The molecule has 6 heteroatoms. The highest BCUT2D eigenvalue weighted by molar-refractivity contribution is 5.87. The fourth-order valence-corrected chi connectivity index (χ4v) is 4.77. The molecule has 2 saturated heterocycles. The van der Waals surface area contributed by atoms with Crippen LogP contribution in [0.25, 0.3) is 0 Å². The lowest BCUT2D eigenvalue weighted by Crippen LogP contribution is -2.57. The van der Waals surface area contributed by atoms with Gasteiger partial charge in [-0.2, -0.15) is 5.26 Å². The first-order valence-corrected chi connectivity index (χ1v) is 9.73. The van der Waals surface area contributed by atoms with Crippen LogP contribution in [-0.4, -0.2) is 49.1 Å². The molecule has 2 heterocycles. The molecule has 0 spiro atoms. The zero-order valence-electron chi connectivity index (χ0n) is 14.7. The summed E-state index contributed by atoms with van der Waals surface area (Å²) in [6.07, 6.45) is 6.38. The molecule has 136 valence electrons. The molecule has 3 atom stereocenters. The van der Waals surface area contributed by atoms with E-state index in [2.05, 4.69) is 11.4 Å². The van der Waals surface area contributed by atoms with Gasteiger partial charge in [0.05, 0.1) is 18.1 Å². The van der Waals surface area contributed by atoms with Crippen LogP contribution in [-0.2, 0) is 14.3 Å². The average molecular weight is 345 g/mol. The van der Waals surface area contributed by atoms with Gasteiger partial charge in [0.25, 0.3) is 0 Å². The van der Waals surface area contributed by atoms with E-state index in [0.717, 1.165) is 25.8 Å². The summed E-state index contributed by atoms with van der Waals surface area (Å²) in [7, 11) is 0. The summed E-state index contributed by atoms with van der Waals surface area (Å²) >= 11 is 0. The minimum absolute atomic E-state index is 0.0577. The fourth-order valence-electron chi connectivity index (χ4n) is 4.77. The van der Waals surface area contributed by atoms with Gasteiger partial charge in [-0.25, -0.2) is 0 Å². The van der Waals surface area contributed by atoms with Gasteiger partial charge in [0, 0.05) is 32.2 Å². The minimum atomic E-state index is -0.875. The number of nitriles is 1. The van der Waals surface area contributed by atoms with Crippen LogP contribution >= 0.6 is 0 Å². The van der Waals surface area contributed by atoms with Crippen LogP contribution in [0.15, 0.2) is 0 Å². The van der Waals surface area contributed by atoms with Crippen LogP contribution in [0.4, 0.5) is 0 Å². The third-order valence-electron chi connectivity index (χ3n) is 6.56. The van der Waals surface area contributed by atoms with Gasteiger partial charge in [-0.05, 0) is 38.0 Å². The second-order valence-corrected chi connectivity index (χ2v) is 8.27. The molecule has 2 aliphatic carbocycles. The Morgan fingerprint density at radius 1 is 1.20 bits per heavy atom. The van der Waals surface area contributed by atoms with E-state index in [1.54, 1.807) is 4.90 Å². The maximum absolute atomic E-state index is 13.1. The van der Waals surface area contributed by atoms with E-state index < -0.39 is 5.41 Å². The molecule has 0 unspecified atom stereocenters. The third-order valence-corrected chi connectivity index (χ3v) is 6.56. The number of ether oxygens (including phenoxy) is 1. The van der Waals surface area contributed by atoms with Crippen molar-refractivity contribution in [3.8, 4) is 6.07 Å². The van der Waals surface area contributed by atoms with Crippen molar-refractivity contribution < 1.29 is 14.3 Å². The Hall–Kier alpha value is -1.61. The number of nitrogens with one attached hydrogen (secondary N) is 1. The topological polar surface area (TPSA) is 82.4 Å². The molecule has 6 nitrogen and oxygen atoms in total. The lowest BCUT2D eigenvalue weighted by molar-refractivity contribution is -0.147. The molecule has 0 bridgehead atoms. The molecule has 4 fully saturated rings. The van der Waals surface area contributed by atoms with Crippen molar-refractivity contribution in [1.82, 2.24) is 10.2 Å². The highest BCUT2D eigenvalue weighted by atomic mass is 16.5. The fraction of sp³-hybridized carbons (Fsp3) is 0.842. The first-order chi connectivity index (χ1) is 12.1. The highest BCUT2D eigenvalue weighted by Crippen LogP contribution is 2.42. The van der Waals surface area contributed by atoms with Gasteiger partial charge in [0.1, 0.15) is 5.41 Å². The number of carbonyl (C=O) groups excluding carboxylic acids is 2. The molecule has 4 rings (SSSR count). The van der Waals surface area contributed by atoms with Crippen molar-refractivity contribution in [2.45, 2.75) is 51.0 Å². The number of hydrogen-bond acceptors (Lipinski definition) is 4. The molecule has 2 amide bonds. The SMILES string of the molecule is N#CC1(C(=O)N2C[C@H]3OCC[C@H]3[C@H](C(=O)NCC3CC3)C2)CCCC1. The summed E-state index contributed by atoms with van der Waals surface area (Å²) in [5.74, 6) is 0.607. The minimum Gasteiger partial charge on any atom is -0.376 e. The molecule has 2 saturated carbocycles. The summed E-state index contributed by atoms with van der Waals surface area (Å²) in [6, 6.07) is 2.29. The summed E-state index contributed by atoms with van der Waals surface area (Å²) in [4.78, 5) is 27.6. The summed E-state index contributed by atoms with van der Waals surface area (Å²) < 4.78 is 5.83. The predicted octanol–water partition coefficient (Wildman–Crippen LogP) is 1.46. The van der Waals surface area contributed by atoms with Crippen LogP contribution < -0.4 is 5.32 Å². The van der Waals surface area contributed by atoms with Crippen LogP contribution in [0.5, 0.6) is 0 Å². The second kappa shape index (κ2) is 6.60. The smallest absolute Gasteiger partial charge is 0.243 e. The van der Waals surface area contributed by atoms with E-state index >= 15 is 0 Å². The van der Waals surface area contributed by atoms with Gasteiger partial charge in [0.15, 0.2) is 0 Å². The van der Waals surface area contributed by atoms with Crippen molar-refractivity contribution in [2.24, 2.45) is 23.2 Å². The summed E-state index contributed by atoms with van der Waals surface area (Å²) in [5, 5.41) is 12.7. The zero-order chi connectivity index (χ0) is 17.4. The number of piperidine rings is 1. The summed E-state index contributed by atoms with van der Waals surface area (Å²) in [6.45, 7) is 2.37. The van der Waals surface area contributed by atoms with Gasteiger partial charge in [0.2, 0.25) is 11.8 Å². The number of carbonyl (C=O) groups is 2. The van der Waals surface area contributed by atoms with Gasteiger partial charge < -0.3 is 15.0 Å². The molecule has 4 aliphatic rings. The van der Waals surface area contributed by atoms with Gasteiger partial charge in [-0.15, -0.1) is 0 Å². The Bertz CT molecular complexity index is 589. The van der Waals surface area contributed by atoms with Gasteiger partial charge in [-0.3, -0.25) is 9.59 Å². The van der Waals surface area contributed by atoms with E-state index in [4.69, 9.17) is 4.74 Å². The number of fused-ring (bicyclic) bond motifs is 1. The first-order valence-electron chi connectivity index (χ1n) is 9.73. The normalized spacial score (nSPS) is 33.6. The van der Waals surface area contributed by atoms with Crippen molar-refractivity contribution >= 4 is 11.8 Å². The van der Waals surface area contributed by atoms with E-state index in [1.807, 2.05) is 0 Å². The number of nitrogens with zero attached hydrogens (tertiary/aromatic N) is 2. The maximum atomic E-state index is 13.1. The molecular weight excluding hydrogens is 318 g/mol. The van der Waals surface area contributed by atoms with E-state index in [9.17, 15) is 14.9 Å². The first kappa shape index (κ1) is 16.8. The Kier molecular flexibility index (Phi) is 4.45. The summed E-state index contributed by atoms with van der Waals surface area (Å²) in [5.41, 5.74) is -0.875. The number of likely N-dealkylation sites (tertiary alicyclic amines) is 1. The monoisotopic (exact) mass is 345 g/mol. The van der Waals surface area contributed by atoms with Crippen LogP contribution in [0, 0.1) is 34.5 Å². The van der Waals surface area contributed by atoms with Crippen LogP contribution in [0.2, 0.25) is 0 Å². The van der Waals surface area contributed by atoms with Crippen molar-refractivity contribution in [3.05, 3.63) is 0 Å². The van der Waals surface area contributed by atoms with Crippen LogP contribution in [0.1, 0.15) is 44.9 Å². The Balaban J connectivity index is 1.48. The van der Waals surface area contributed by atoms with E-state index in [-0.39, 0.29) is 29.8 Å². The standard InChI is InChI=1S/C19H27N3O3/c20-12-19(6-1-2-7-19)18(24)22-10-15(14-5-8-25-16(14)11-22)17(23)21-9-13-3-4-13/h13-16H,1-11H2,(H,21,23)/t14-,15+,16+/m0/s1. The van der Waals surface area contributed by atoms with E-state index in [1.165, 1.54) is 12.8 Å². The average Bonchev–Trinajstić information content (AvgIpc) is 3.13. The highest BCUT2D eigenvalue weighted by Gasteiger charge is 2.50. The Labute approximate surface area is 148 Å². The zero-order valence-corrected chi connectivity index (χ0v) is 14.7. The molecule has 0 aromatic rings. The second-order valence-electron chi connectivity index (χ2n) is 8.27. The molecule has 25 heavy (non-hydrogen) atoms. The van der Waals surface area contributed by atoms with Gasteiger partial charge >= 0.3 is 0 Å². The van der Waals surface area contributed by atoms with Crippen molar-refractivity contribution in [3.63, 3.8) is 0 Å². The molecule has 0 aromatic carbocycles. The van der Waals surface area contributed by atoms with E-state index in [0.29, 0.717) is 38.5 Å². The van der Waals surface area contributed by atoms with Gasteiger partial charge in [-0.1, -0.05) is 12.8 Å². The number of amides is 2.